The van der Waals surface area contributed by atoms with E-state index in [-0.39, 0.29) is 30.1 Å². The minimum Gasteiger partial charge on any atom is -0.484 e. The first-order valence-corrected chi connectivity index (χ1v) is 10.4. The Hall–Kier alpha value is -2.79. The number of hydrogen-bond donors (Lipinski definition) is 2. The van der Waals surface area contributed by atoms with Gasteiger partial charge in [0.2, 0.25) is 5.91 Å². The molecule has 0 aliphatic carbocycles. The molecule has 0 saturated heterocycles. The summed E-state index contributed by atoms with van der Waals surface area (Å²) < 4.78 is 5.84. The molecule has 2 N–H and O–H groups in total. The van der Waals surface area contributed by atoms with Gasteiger partial charge in [-0.15, -0.1) is 0 Å². The van der Waals surface area contributed by atoms with E-state index in [9.17, 15) is 9.90 Å². The first-order valence-electron chi connectivity index (χ1n) is 10.4. The number of aliphatic hydroxyl groups excluding tert-OH is 1. The summed E-state index contributed by atoms with van der Waals surface area (Å²) in [5, 5.41) is 12.4. The molecule has 3 rings (SSSR count). The molecule has 1 heterocycles. The van der Waals surface area contributed by atoms with Crippen molar-refractivity contribution in [3.63, 3.8) is 0 Å². The van der Waals surface area contributed by atoms with Gasteiger partial charge in [0.15, 0.2) is 0 Å². The van der Waals surface area contributed by atoms with Gasteiger partial charge in [-0.2, -0.15) is 0 Å². The first-order chi connectivity index (χ1) is 14.2. The molecule has 160 valence electrons. The number of hydrogen-bond acceptors (Lipinski definition) is 4. The normalized spacial score (nSPS) is 16.5. The topological polar surface area (TPSA) is 61.8 Å². The number of benzene rings is 2. The monoisotopic (exact) mass is 408 g/mol. The van der Waals surface area contributed by atoms with Crippen LogP contribution in [-0.2, 0) is 10.2 Å². The van der Waals surface area contributed by atoms with Gasteiger partial charge < -0.3 is 20.1 Å². The minimum atomic E-state index is -0.243. The standard InChI is InChI=1S/C25H32N2O3/c1-17(2)27-15-21(16-28)30-23-12-11-20(14-22(23)27)26-24(29)13-8-18-6-9-19(10-7-18)25(3,4)5/h6-14,17,21,28H,15-16H2,1-5H3,(H,26,29)/b13-8+. The van der Waals surface area contributed by atoms with Crippen molar-refractivity contribution in [1.29, 1.82) is 0 Å². The van der Waals surface area contributed by atoms with Gasteiger partial charge in [0.05, 0.1) is 18.8 Å². The van der Waals surface area contributed by atoms with Crippen molar-refractivity contribution in [2.75, 3.05) is 23.4 Å². The molecule has 0 bridgehead atoms. The van der Waals surface area contributed by atoms with Gasteiger partial charge in [0, 0.05) is 17.8 Å². The van der Waals surface area contributed by atoms with E-state index >= 15 is 0 Å². The van der Waals surface area contributed by atoms with E-state index < -0.39 is 0 Å². The van der Waals surface area contributed by atoms with Crippen LogP contribution in [0.4, 0.5) is 11.4 Å². The third-order valence-electron chi connectivity index (χ3n) is 5.26. The van der Waals surface area contributed by atoms with E-state index in [1.807, 2.05) is 36.4 Å². The second-order valence-corrected chi connectivity index (χ2v) is 9.05. The number of anilines is 2. The van der Waals surface area contributed by atoms with Crippen molar-refractivity contribution in [3.8, 4) is 5.75 Å². The Labute approximate surface area is 179 Å². The summed E-state index contributed by atoms with van der Waals surface area (Å²) in [7, 11) is 0. The Balaban J connectivity index is 1.70. The van der Waals surface area contributed by atoms with Crippen molar-refractivity contribution < 1.29 is 14.6 Å². The van der Waals surface area contributed by atoms with E-state index in [1.54, 1.807) is 6.08 Å². The number of carbonyl (C=O) groups excluding carboxylic acids is 1. The van der Waals surface area contributed by atoms with E-state index in [0.717, 1.165) is 17.0 Å². The maximum atomic E-state index is 12.4. The summed E-state index contributed by atoms with van der Waals surface area (Å²) in [6.45, 7) is 11.3. The number of nitrogens with one attached hydrogen (secondary N) is 1. The van der Waals surface area contributed by atoms with Crippen LogP contribution in [0, 0.1) is 0 Å². The molecule has 5 nitrogen and oxygen atoms in total. The van der Waals surface area contributed by atoms with E-state index in [0.29, 0.717) is 12.2 Å². The predicted octanol–water partition coefficient (Wildman–Crippen LogP) is 4.60. The fourth-order valence-electron chi connectivity index (χ4n) is 3.49. The summed E-state index contributed by atoms with van der Waals surface area (Å²) in [6, 6.07) is 14.1. The fraction of sp³-hybridized carbons (Fsp3) is 0.400. The van der Waals surface area contributed by atoms with Crippen molar-refractivity contribution >= 4 is 23.4 Å². The van der Waals surface area contributed by atoms with Crippen LogP contribution in [0.25, 0.3) is 6.08 Å². The smallest absolute Gasteiger partial charge is 0.248 e. The van der Waals surface area contributed by atoms with Crippen LogP contribution in [0.5, 0.6) is 5.75 Å². The van der Waals surface area contributed by atoms with Crippen LogP contribution in [0.2, 0.25) is 0 Å². The number of nitrogens with zero attached hydrogens (tertiary/aromatic N) is 1. The summed E-state index contributed by atoms with van der Waals surface area (Å²) in [6.07, 6.45) is 3.12. The molecule has 1 aliphatic heterocycles. The largest absolute Gasteiger partial charge is 0.484 e. The maximum Gasteiger partial charge on any atom is 0.248 e. The summed E-state index contributed by atoms with van der Waals surface area (Å²) in [5.74, 6) is 0.539. The molecule has 1 atom stereocenters. The highest BCUT2D eigenvalue weighted by Gasteiger charge is 2.27. The zero-order valence-electron chi connectivity index (χ0n) is 18.5. The molecule has 2 aromatic rings. The first kappa shape index (κ1) is 21.9. The fourth-order valence-corrected chi connectivity index (χ4v) is 3.49. The van der Waals surface area contributed by atoms with Crippen molar-refractivity contribution in [2.24, 2.45) is 0 Å². The second kappa shape index (κ2) is 8.92. The van der Waals surface area contributed by atoms with E-state index in [1.165, 1.54) is 5.56 Å². The highest BCUT2D eigenvalue weighted by atomic mass is 16.5. The maximum absolute atomic E-state index is 12.4. The van der Waals surface area contributed by atoms with Crippen molar-refractivity contribution in [3.05, 3.63) is 59.7 Å². The van der Waals surface area contributed by atoms with Crippen molar-refractivity contribution in [1.82, 2.24) is 0 Å². The second-order valence-electron chi connectivity index (χ2n) is 9.05. The lowest BCUT2D eigenvalue weighted by atomic mass is 9.87. The molecule has 0 saturated carbocycles. The number of fused-ring (bicyclic) bond motifs is 1. The Bertz CT molecular complexity index is 911. The van der Waals surface area contributed by atoms with Crippen LogP contribution in [0.3, 0.4) is 0 Å². The number of carbonyl (C=O) groups is 1. The average Bonchev–Trinajstić information content (AvgIpc) is 2.71. The van der Waals surface area contributed by atoms with Crippen molar-refractivity contribution in [2.45, 2.75) is 52.2 Å². The van der Waals surface area contributed by atoms with Crippen LogP contribution in [-0.4, -0.2) is 36.3 Å². The number of aliphatic hydroxyl groups is 1. The molecule has 1 aliphatic rings. The predicted molar refractivity (Wildman–Crippen MR) is 123 cm³/mol. The van der Waals surface area contributed by atoms with Gasteiger partial charge in [0.1, 0.15) is 11.9 Å². The highest BCUT2D eigenvalue weighted by molar-refractivity contribution is 6.02. The SMILES string of the molecule is CC(C)N1CC(CO)Oc2ccc(NC(=O)/C=C/c3ccc(C(C)(C)C)cc3)cc21. The van der Waals surface area contributed by atoms with Crippen LogP contribution >= 0.6 is 0 Å². The van der Waals surface area contributed by atoms with Gasteiger partial charge in [-0.3, -0.25) is 4.79 Å². The van der Waals surface area contributed by atoms with Crippen LogP contribution in [0.15, 0.2) is 48.5 Å². The van der Waals surface area contributed by atoms with Crippen LogP contribution < -0.4 is 15.0 Å². The molecule has 0 spiro atoms. The Morgan fingerprint density at radius 1 is 1.23 bits per heavy atom. The molecule has 0 aromatic heterocycles. The molecular weight excluding hydrogens is 376 g/mol. The molecule has 1 unspecified atom stereocenters. The lowest BCUT2D eigenvalue weighted by molar-refractivity contribution is -0.111. The quantitative estimate of drug-likeness (QED) is 0.710. The zero-order chi connectivity index (χ0) is 21.9. The number of amides is 1. The zero-order valence-corrected chi connectivity index (χ0v) is 18.5. The van der Waals surface area contributed by atoms with E-state index in [4.69, 9.17) is 4.74 Å². The number of rotatable bonds is 5. The minimum absolute atomic E-state index is 0.0251. The van der Waals surface area contributed by atoms with E-state index in [2.05, 4.69) is 57.0 Å². The molecule has 5 heteroatoms. The lowest BCUT2D eigenvalue weighted by Gasteiger charge is -2.38. The van der Waals surface area contributed by atoms with Gasteiger partial charge in [0.25, 0.3) is 0 Å². The summed E-state index contributed by atoms with van der Waals surface area (Å²) in [5.41, 5.74) is 3.99. The third-order valence-corrected chi connectivity index (χ3v) is 5.26. The van der Waals surface area contributed by atoms with Crippen LogP contribution in [0.1, 0.15) is 45.7 Å². The average molecular weight is 409 g/mol. The number of ether oxygens (including phenoxy) is 1. The highest BCUT2D eigenvalue weighted by Crippen LogP contribution is 2.36. The Morgan fingerprint density at radius 3 is 2.53 bits per heavy atom. The summed E-state index contributed by atoms with van der Waals surface area (Å²) in [4.78, 5) is 14.6. The Morgan fingerprint density at radius 2 is 1.93 bits per heavy atom. The Kier molecular flexibility index (Phi) is 6.52. The molecular formula is C25H32N2O3. The van der Waals surface area contributed by atoms with Gasteiger partial charge >= 0.3 is 0 Å². The van der Waals surface area contributed by atoms with Gasteiger partial charge in [-0.25, -0.2) is 0 Å². The molecule has 30 heavy (non-hydrogen) atoms. The molecule has 0 fully saturated rings. The lowest BCUT2D eigenvalue weighted by Crippen LogP contribution is -2.45. The third kappa shape index (κ3) is 5.22. The summed E-state index contributed by atoms with van der Waals surface area (Å²) >= 11 is 0. The molecule has 1 amide bonds. The van der Waals surface area contributed by atoms with Gasteiger partial charge in [-0.05, 0) is 54.7 Å². The van der Waals surface area contributed by atoms with Gasteiger partial charge in [-0.1, -0.05) is 45.0 Å². The molecule has 2 aromatic carbocycles. The molecule has 0 radical (unpaired) electrons.